The van der Waals surface area contributed by atoms with Crippen LogP contribution in [-0.4, -0.2) is 25.5 Å². The molecule has 3 nitrogen and oxygen atoms in total. The summed E-state index contributed by atoms with van der Waals surface area (Å²) in [6, 6.07) is 3.92. The highest BCUT2D eigenvalue weighted by atomic mass is 35.5. The van der Waals surface area contributed by atoms with Gasteiger partial charge in [-0.3, -0.25) is 4.79 Å². The zero-order valence-corrected chi connectivity index (χ0v) is 9.26. The highest BCUT2D eigenvalue weighted by molar-refractivity contribution is 6.31. The Morgan fingerprint density at radius 3 is 2.69 bits per heavy atom. The standard InChI is InChI=1S/C11H11ClFNO2/c12-8-3-7(1-2-9(8)13)10(15)11(4-14)5-16-6-11/h1-3H,4-6,14H2. The van der Waals surface area contributed by atoms with Crippen LogP contribution in [0.4, 0.5) is 4.39 Å². The van der Waals surface area contributed by atoms with Crippen molar-refractivity contribution in [2.24, 2.45) is 11.1 Å². The first-order valence-electron chi connectivity index (χ1n) is 4.87. The monoisotopic (exact) mass is 243 g/mol. The Morgan fingerprint density at radius 1 is 1.56 bits per heavy atom. The molecule has 1 aliphatic heterocycles. The zero-order chi connectivity index (χ0) is 11.8. The Hall–Kier alpha value is -0.970. The molecular formula is C11H11ClFNO2. The number of ether oxygens (including phenoxy) is 1. The maximum absolute atomic E-state index is 12.9. The van der Waals surface area contributed by atoms with Crippen molar-refractivity contribution in [3.05, 3.63) is 34.6 Å². The van der Waals surface area contributed by atoms with Crippen molar-refractivity contribution in [2.45, 2.75) is 0 Å². The first-order valence-corrected chi connectivity index (χ1v) is 5.24. The van der Waals surface area contributed by atoms with E-state index in [1.807, 2.05) is 0 Å². The second-order valence-corrected chi connectivity index (χ2v) is 4.34. The quantitative estimate of drug-likeness (QED) is 0.821. The van der Waals surface area contributed by atoms with Gasteiger partial charge < -0.3 is 10.5 Å². The summed E-state index contributed by atoms with van der Waals surface area (Å²) >= 11 is 5.62. The van der Waals surface area contributed by atoms with E-state index in [9.17, 15) is 9.18 Å². The summed E-state index contributed by atoms with van der Waals surface area (Å²) in [4.78, 5) is 12.1. The Balaban J connectivity index is 2.30. The molecule has 0 unspecified atom stereocenters. The van der Waals surface area contributed by atoms with Crippen molar-refractivity contribution in [2.75, 3.05) is 19.8 Å². The molecular weight excluding hydrogens is 233 g/mol. The van der Waals surface area contributed by atoms with Gasteiger partial charge in [-0.15, -0.1) is 0 Å². The molecule has 2 N–H and O–H groups in total. The molecule has 0 atom stereocenters. The van der Waals surface area contributed by atoms with Gasteiger partial charge in [-0.25, -0.2) is 4.39 Å². The highest BCUT2D eigenvalue weighted by Gasteiger charge is 2.44. The topological polar surface area (TPSA) is 52.3 Å². The van der Waals surface area contributed by atoms with Crippen LogP contribution in [-0.2, 0) is 4.74 Å². The number of hydrogen-bond donors (Lipinski definition) is 1. The molecule has 0 spiro atoms. The smallest absolute Gasteiger partial charge is 0.174 e. The van der Waals surface area contributed by atoms with Gasteiger partial charge in [0.05, 0.1) is 23.7 Å². The van der Waals surface area contributed by atoms with Crippen molar-refractivity contribution in [3.8, 4) is 0 Å². The second kappa shape index (κ2) is 4.13. The lowest BCUT2D eigenvalue weighted by Crippen LogP contribution is -2.54. The van der Waals surface area contributed by atoms with Gasteiger partial charge in [-0.2, -0.15) is 0 Å². The highest BCUT2D eigenvalue weighted by Crippen LogP contribution is 2.31. The van der Waals surface area contributed by atoms with E-state index in [1.54, 1.807) is 0 Å². The molecule has 0 saturated carbocycles. The third kappa shape index (κ3) is 1.73. The lowest BCUT2D eigenvalue weighted by atomic mass is 9.78. The zero-order valence-electron chi connectivity index (χ0n) is 8.50. The number of ketones is 1. The van der Waals surface area contributed by atoms with Gasteiger partial charge in [0.1, 0.15) is 5.82 Å². The van der Waals surface area contributed by atoms with Crippen LogP contribution in [0.2, 0.25) is 5.02 Å². The summed E-state index contributed by atoms with van der Waals surface area (Å²) in [6.45, 7) is 0.857. The molecule has 1 heterocycles. The molecule has 1 saturated heterocycles. The minimum atomic E-state index is -0.652. The Labute approximate surface area is 97.3 Å². The fraction of sp³-hybridized carbons (Fsp3) is 0.364. The molecule has 0 amide bonds. The Morgan fingerprint density at radius 2 is 2.25 bits per heavy atom. The van der Waals surface area contributed by atoms with E-state index in [4.69, 9.17) is 22.1 Å². The number of rotatable bonds is 3. The average molecular weight is 244 g/mol. The van der Waals surface area contributed by atoms with E-state index in [0.29, 0.717) is 18.8 Å². The van der Waals surface area contributed by atoms with Gasteiger partial charge in [0.25, 0.3) is 0 Å². The summed E-state index contributed by atoms with van der Waals surface area (Å²) in [6.07, 6.45) is 0. The normalized spacial score (nSPS) is 17.9. The number of nitrogens with two attached hydrogens (primary N) is 1. The number of carbonyl (C=O) groups is 1. The van der Waals surface area contributed by atoms with E-state index in [-0.39, 0.29) is 17.4 Å². The molecule has 0 aromatic heterocycles. The number of hydrogen-bond acceptors (Lipinski definition) is 3. The molecule has 16 heavy (non-hydrogen) atoms. The van der Waals surface area contributed by atoms with Gasteiger partial charge in [0, 0.05) is 12.1 Å². The lowest BCUT2D eigenvalue weighted by Gasteiger charge is -2.38. The fourth-order valence-corrected chi connectivity index (χ4v) is 1.81. The predicted octanol–water partition coefficient (Wildman–Crippen LogP) is 1.64. The first-order chi connectivity index (χ1) is 7.59. The average Bonchev–Trinajstić information content (AvgIpc) is 2.21. The predicted molar refractivity (Wildman–Crippen MR) is 58.0 cm³/mol. The van der Waals surface area contributed by atoms with Crippen LogP contribution in [0.15, 0.2) is 18.2 Å². The van der Waals surface area contributed by atoms with E-state index in [0.717, 1.165) is 0 Å². The van der Waals surface area contributed by atoms with E-state index in [2.05, 4.69) is 0 Å². The van der Waals surface area contributed by atoms with E-state index < -0.39 is 11.2 Å². The van der Waals surface area contributed by atoms with Crippen LogP contribution in [0, 0.1) is 11.2 Å². The summed E-state index contributed by atoms with van der Waals surface area (Å²) in [5, 5.41) is -0.0572. The molecule has 0 bridgehead atoms. The van der Waals surface area contributed by atoms with Crippen molar-refractivity contribution in [3.63, 3.8) is 0 Å². The van der Waals surface area contributed by atoms with Crippen molar-refractivity contribution >= 4 is 17.4 Å². The summed E-state index contributed by atoms with van der Waals surface area (Å²) < 4.78 is 18.0. The van der Waals surface area contributed by atoms with Gasteiger partial charge in [-0.05, 0) is 18.2 Å². The first kappa shape index (κ1) is 11.5. The van der Waals surface area contributed by atoms with Crippen molar-refractivity contribution < 1.29 is 13.9 Å². The Kier molecular flexibility index (Phi) is 2.97. The fourth-order valence-electron chi connectivity index (χ4n) is 1.63. The summed E-state index contributed by atoms with van der Waals surface area (Å²) in [5.74, 6) is -0.673. The molecule has 1 aromatic carbocycles. The van der Waals surface area contributed by atoms with E-state index in [1.165, 1.54) is 18.2 Å². The van der Waals surface area contributed by atoms with Crippen LogP contribution in [0.5, 0.6) is 0 Å². The molecule has 0 aliphatic carbocycles. The van der Waals surface area contributed by atoms with Crippen LogP contribution in [0.25, 0.3) is 0 Å². The Bertz CT molecular complexity index is 426. The number of Topliss-reactive ketones (excluding diaryl/α,β-unsaturated/α-hetero) is 1. The molecule has 2 rings (SSSR count). The molecule has 1 aromatic rings. The van der Waals surface area contributed by atoms with Crippen LogP contribution in [0.3, 0.4) is 0 Å². The second-order valence-electron chi connectivity index (χ2n) is 3.94. The minimum absolute atomic E-state index is 0.0572. The molecule has 86 valence electrons. The maximum atomic E-state index is 12.9. The lowest BCUT2D eigenvalue weighted by molar-refractivity contribution is -0.0816. The molecule has 1 aliphatic rings. The maximum Gasteiger partial charge on any atom is 0.174 e. The third-order valence-electron chi connectivity index (χ3n) is 2.81. The van der Waals surface area contributed by atoms with Gasteiger partial charge >= 0.3 is 0 Å². The molecule has 5 heteroatoms. The van der Waals surface area contributed by atoms with Gasteiger partial charge in [0.2, 0.25) is 0 Å². The number of benzene rings is 1. The summed E-state index contributed by atoms with van der Waals surface area (Å²) in [5.41, 5.74) is 5.29. The van der Waals surface area contributed by atoms with Gasteiger partial charge in [0.15, 0.2) is 5.78 Å². The van der Waals surface area contributed by atoms with Crippen LogP contribution >= 0.6 is 11.6 Å². The number of carbonyl (C=O) groups excluding carboxylic acids is 1. The third-order valence-corrected chi connectivity index (χ3v) is 3.10. The van der Waals surface area contributed by atoms with E-state index >= 15 is 0 Å². The van der Waals surface area contributed by atoms with Crippen molar-refractivity contribution in [1.82, 2.24) is 0 Å². The van der Waals surface area contributed by atoms with Crippen LogP contribution < -0.4 is 5.73 Å². The van der Waals surface area contributed by atoms with Gasteiger partial charge in [-0.1, -0.05) is 11.6 Å². The van der Waals surface area contributed by atoms with Crippen LogP contribution in [0.1, 0.15) is 10.4 Å². The number of halogens is 2. The SMILES string of the molecule is NCC1(C(=O)c2ccc(F)c(Cl)c2)COC1. The summed E-state index contributed by atoms with van der Waals surface area (Å²) in [7, 11) is 0. The minimum Gasteiger partial charge on any atom is -0.379 e. The molecule has 0 radical (unpaired) electrons. The van der Waals surface area contributed by atoms with Crippen molar-refractivity contribution in [1.29, 1.82) is 0 Å². The molecule has 1 fully saturated rings. The largest absolute Gasteiger partial charge is 0.379 e.